The number of nitrogens with zero attached hydrogens (tertiary/aromatic N) is 1. The van der Waals surface area contributed by atoms with Gasteiger partial charge < -0.3 is 11.1 Å². The fourth-order valence-electron chi connectivity index (χ4n) is 2.26. The summed E-state index contributed by atoms with van der Waals surface area (Å²) < 4.78 is 0. The number of aryl methyl sites for hydroxylation is 1. The minimum absolute atomic E-state index is 0.1000. The van der Waals surface area contributed by atoms with E-state index in [1.807, 2.05) is 5.38 Å². The number of anilines is 1. The van der Waals surface area contributed by atoms with E-state index in [1.54, 1.807) is 0 Å². The molecule has 1 amide bonds. The van der Waals surface area contributed by atoms with E-state index in [1.165, 1.54) is 42.6 Å². The van der Waals surface area contributed by atoms with Crippen LogP contribution in [0.3, 0.4) is 0 Å². The minimum atomic E-state index is 0.1000. The smallest absolute Gasteiger partial charge is 0.220 e. The molecule has 0 fully saturated rings. The Hall–Kier alpha value is -1.36. The predicted octanol–water partition coefficient (Wildman–Crippen LogP) is 2.66. The summed E-state index contributed by atoms with van der Waals surface area (Å²) in [5.41, 5.74) is 7.96. The van der Waals surface area contributed by atoms with Gasteiger partial charge in [0.25, 0.3) is 0 Å². The second-order valence-electron chi connectivity index (χ2n) is 4.89. The predicted molar refractivity (Wildman–Crippen MR) is 79.0 cm³/mol. The lowest BCUT2D eigenvalue weighted by molar-refractivity contribution is -0.121. The highest BCUT2D eigenvalue weighted by Gasteiger charge is 2.06. The lowest BCUT2D eigenvalue weighted by Crippen LogP contribution is -2.25. The van der Waals surface area contributed by atoms with Crippen LogP contribution in [-0.2, 0) is 11.2 Å². The maximum Gasteiger partial charge on any atom is 0.220 e. The fraction of sp³-hybridized carbons (Fsp3) is 0.571. The van der Waals surface area contributed by atoms with Crippen molar-refractivity contribution in [3.8, 4) is 0 Å². The summed E-state index contributed by atoms with van der Waals surface area (Å²) in [5.74, 6) is 0.1000. The van der Waals surface area contributed by atoms with Crippen molar-refractivity contribution < 1.29 is 4.79 Å². The van der Waals surface area contributed by atoms with Gasteiger partial charge in [0, 0.05) is 18.3 Å². The van der Waals surface area contributed by atoms with E-state index < -0.39 is 0 Å². The van der Waals surface area contributed by atoms with Gasteiger partial charge in [-0.15, -0.1) is 11.3 Å². The second kappa shape index (κ2) is 7.28. The average Bonchev–Trinajstić information content (AvgIpc) is 2.83. The van der Waals surface area contributed by atoms with Crippen LogP contribution in [-0.4, -0.2) is 17.4 Å². The number of thiazole rings is 1. The van der Waals surface area contributed by atoms with E-state index in [0.717, 1.165) is 18.7 Å². The van der Waals surface area contributed by atoms with Crippen LogP contribution in [0, 0.1) is 0 Å². The van der Waals surface area contributed by atoms with Gasteiger partial charge in [0.1, 0.15) is 0 Å². The lowest BCUT2D eigenvalue weighted by Gasteiger charge is -2.12. The van der Waals surface area contributed by atoms with Gasteiger partial charge in [0.05, 0.1) is 5.69 Å². The van der Waals surface area contributed by atoms with Crippen LogP contribution in [0.4, 0.5) is 5.13 Å². The van der Waals surface area contributed by atoms with E-state index >= 15 is 0 Å². The van der Waals surface area contributed by atoms with E-state index in [2.05, 4.69) is 16.4 Å². The molecule has 0 bridgehead atoms. The van der Waals surface area contributed by atoms with Crippen molar-refractivity contribution in [2.24, 2.45) is 0 Å². The summed E-state index contributed by atoms with van der Waals surface area (Å²) >= 11 is 1.42. The topological polar surface area (TPSA) is 68.0 Å². The molecule has 0 saturated heterocycles. The molecule has 1 aliphatic carbocycles. The Balaban J connectivity index is 1.60. The minimum Gasteiger partial charge on any atom is -0.375 e. The first-order chi connectivity index (χ1) is 9.24. The SMILES string of the molecule is Nc1nc(CCC(=O)NCCC2=CCCCC2)cs1. The van der Waals surface area contributed by atoms with Gasteiger partial charge in [-0.3, -0.25) is 4.79 Å². The molecule has 0 aromatic carbocycles. The maximum atomic E-state index is 11.7. The number of hydrogen-bond acceptors (Lipinski definition) is 4. The van der Waals surface area contributed by atoms with Crippen LogP contribution in [0.15, 0.2) is 17.0 Å². The molecule has 4 nitrogen and oxygen atoms in total. The molecule has 19 heavy (non-hydrogen) atoms. The number of nitrogen functional groups attached to an aromatic ring is 1. The van der Waals surface area contributed by atoms with Gasteiger partial charge in [0.15, 0.2) is 5.13 Å². The van der Waals surface area contributed by atoms with Crippen molar-refractivity contribution in [1.82, 2.24) is 10.3 Å². The van der Waals surface area contributed by atoms with Gasteiger partial charge in [0.2, 0.25) is 5.91 Å². The van der Waals surface area contributed by atoms with E-state index in [9.17, 15) is 4.79 Å². The zero-order chi connectivity index (χ0) is 13.5. The molecule has 2 rings (SSSR count). The Morgan fingerprint density at radius 3 is 3.00 bits per heavy atom. The van der Waals surface area contributed by atoms with Crippen molar-refractivity contribution in [3.05, 3.63) is 22.7 Å². The largest absolute Gasteiger partial charge is 0.375 e. The third kappa shape index (κ3) is 5.03. The van der Waals surface area contributed by atoms with Crippen molar-refractivity contribution in [2.45, 2.75) is 44.9 Å². The van der Waals surface area contributed by atoms with Crippen LogP contribution >= 0.6 is 11.3 Å². The number of nitrogens with two attached hydrogens (primary N) is 1. The Kier molecular flexibility index (Phi) is 5.39. The monoisotopic (exact) mass is 279 g/mol. The first kappa shape index (κ1) is 14.1. The molecular formula is C14H21N3OS. The summed E-state index contributed by atoms with van der Waals surface area (Å²) in [5, 5.41) is 5.45. The Bertz CT molecular complexity index is 453. The number of carbonyl (C=O) groups excluding carboxylic acids is 1. The molecule has 0 unspecified atom stereocenters. The molecule has 104 valence electrons. The van der Waals surface area contributed by atoms with Crippen LogP contribution in [0.2, 0.25) is 0 Å². The van der Waals surface area contributed by atoms with Gasteiger partial charge in [-0.2, -0.15) is 0 Å². The number of aromatic nitrogens is 1. The van der Waals surface area contributed by atoms with Crippen molar-refractivity contribution in [3.63, 3.8) is 0 Å². The molecule has 1 aromatic heterocycles. The molecule has 1 heterocycles. The molecule has 0 radical (unpaired) electrons. The zero-order valence-electron chi connectivity index (χ0n) is 11.2. The van der Waals surface area contributed by atoms with Crippen LogP contribution < -0.4 is 11.1 Å². The van der Waals surface area contributed by atoms with Gasteiger partial charge in [-0.25, -0.2) is 4.98 Å². The quantitative estimate of drug-likeness (QED) is 0.787. The number of amides is 1. The van der Waals surface area contributed by atoms with Gasteiger partial charge in [-0.05, 0) is 38.5 Å². The lowest BCUT2D eigenvalue weighted by atomic mass is 9.97. The highest BCUT2D eigenvalue weighted by Crippen LogP contribution is 2.19. The molecule has 0 atom stereocenters. The Morgan fingerprint density at radius 1 is 1.42 bits per heavy atom. The summed E-state index contributed by atoms with van der Waals surface area (Å²) in [4.78, 5) is 15.8. The molecule has 3 N–H and O–H groups in total. The summed E-state index contributed by atoms with van der Waals surface area (Å²) in [6.45, 7) is 0.754. The zero-order valence-corrected chi connectivity index (χ0v) is 12.0. The maximum absolute atomic E-state index is 11.7. The average molecular weight is 279 g/mol. The molecule has 0 saturated carbocycles. The van der Waals surface area contributed by atoms with E-state index in [0.29, 0.717) is 18.0 Å². The highest BCUT2D eigenvalue weighted by atomic mass is 32.1. The standard InChI is InChI=1S/C14H21N3OS/c15-14-17-12(10-19-14)6-7-13(18)16-9-8-11-4-2-1-3-5-11/h4,10H,1-3,5-9H2,(H2,15,17)(H,16,18). The third-order valence-electron chi connectivity index (χ3n) is 3.33. The summed E-state index contributed by atoms with van der Waals surface area (Å²) in [7, 11) is 0. The molecule has 5 heteroatoms. The molecule has 1 aromatic rings. The Morgan fingerprint density at radius 2 is 2.32 bits per heavy atom. The summed E-state index contributed by atoms with van der Waals surface area (Å²) in [6.07, 6.45) is 9.49. The number of nitrogens with one attached hydrogen (secondary N) is 1. The molecule has 0 aliphatic heterocycles. The second-order valence-corrected chi connectivity index (χ2v) is 5.77. The van der Waals surface area contributed by atoms with Crippen molar-refractivity contribution in [1.29, 1.82) is 0 Å². The van der Waals surface area contributed by atoms with Crippen LogP contribution in [0.25, 0.3) is 0 Å². The normalized spacial score (nSPS) is 15.1. The fourth-order valence-corrected chi connectivity index (χ4v) is 2.86. The van der Waals surface area contributed by atoms with Gasteiger partial charge in [-0.1, -0.05) is 11.6 Å². The van der Waals surface area contributed by atoms with Crippen LogP contribution in [0.5, 0.6) is 0 Å². The van der Waals surface area contributed by atoms with Gasteiger partial charge >= 0.3 is 0 Å². The van der Waals surface area contributed by atoms with Crippen LogP contribution in [0.1, 0.15) is 44.2 Å². The highest BCUT2D eigenvalue weighted by molar-refractivity contribution is 7.13. The van der Waals surface area contributed by atoms with Crippen molar-refractivity contribution in [2.75, 3.05) is 12.3 Å². The number of hydrogen-bond donors (Lipinski definition) is 2. The molecular weight excluding hydrogens is 258 g/mol. The summed E-state index contributed by atoms with van der Waals surface area (Å²) in [6, 6.07) is 0. The third-order valence-corrected chi connectivity index (χ3v) is 4.05. The van der Waals surface area contributed by atoms with E-state index in [4.69, 9.17) is 5.73 Å². The number of allylic oxidation sites excluding steroid dienone is 1. The number of rotatable bonds is 6. The first-order valence-corrected chi connectivity index (χ1v) is 7.76. The molecule has 0 spiro atoms. The molecule has 1 aliphatic rings. The van der Waals surface area contributed by atoms with Crippen molar-refractivity contribution >= 4 is 22.4 Å². The van der Waals surface area contributed by atoms with E-state index in [-0.39, 0.29) is 5.91 Å². The number of carbonyl (C=O) groups is 1. The Labute approximate surface area is 118 Å². The first-order valence-electron chi connectivity index (χ1n) is 6.88.